The summed E-state index contributed by atoms with van der Waals surface area (Å²) in [7, 11) is 1.38. The molecule has 1 aromatic rings. The highest BCUT2D eigenvalue weighted by atomic mass is 16.6. The molecule has 24 heavy (non-hydrogen) atoms. The summed E-state index contributed by atoms with van der Waals surface area (Å²) in [6.45, 7) is 1.87. The largest absolute Gasteiger partial charge is 0.496 e. The van der Waals surface area contributed by atoms with Gasteiger partial charge in [-0.25, -0.2) is 4.79 Å². The second-order valence-corrected chi connectivity index (χ2v) is 5.21. The van der Waals surface area contributed by atoms with Gasteiger partial charge in [0.15, 0.2) is 12.2 Å². The summed E-state index contributed by atoms with van der Waals surface area (Å²) < 4.78 is 15.1. The molecule has 0 unspecified atom stereocenters. The molecule has 1 aliphatic rings. The van der Waals surface area contributed by atoms with Gasteiger partial charge in [0.05, 0.1) is 18.1 Å². The maximum Gasteiger partial charge on any atom is 0.336 e. The van der Waals surface area contributed by atoms with Gasteiger partial charge in [-0.15, -0.1) is 0 Å². The van der Waals surface area contributed by atoms with Gasteiger partial charge in [0.25, 0.3) is 11.6 Å². The lowest BCUT2D eigenvalue weighted by atomic mass is 10.2. The molecule has 9 heteroatoms. The number of carbonyl (C=O) groups excluding carboxylic acids is 2. The number of nitro groups is 1. The molecule has 0 bridgehead atoms. The predicted octanol–water partition coefficient (Wildman–Crippen LogP) is 1.65. The standard InChI is InChI=1S/C15H18N2O7/c1-9(24-15(19)13-4-3-7-23-13)14(18)16-11-6-5-10(22-2)8-12(11)17(20)21/h5-6,8-9,13H,3-4,7H2,1-2H3,(H,16,18)/t9-,13+/m1/s1. The summed E-state index contributed by atoms with van der Waals surface area (Å²) in [6, 6.07) is 4.02. The van der Waals surface area contributed by atoms with Crippen LogP contribution in [0.5, 0.6) is 5.75 Å². The van der Waals surface area contributed by atoms with Crippen molar-refractivity contribution in [2.45, 2.75) is 32.0 Å². The van der Waals surface area contributed by atoms with Gasteiger partial charge in [-0.05, 0) is 31.9 Å². The van der Waals surface area contributed by atoms with E-state index in [4.69, 9.17) is 14.2 Å². The monoisotopic (exact) mass is 338 g/mol. The molecule has 0 aromatic heterocycles. The van der Waals surface area contributed by atoms with E-state index in [1.165, 1.54) is 32.2 Å². The SMILES string of the molecule is COc1ccc(NC(=O)[C@@H](C)OC(=O)[C@@H]2CCCO2)c([N+](=O)[O-])c1. The van der Waals surface area contributed by atoms with E-state index in [1.807, 2.05) is 0 Å². The first kappa shape index (κ1) is 17.7. The third kappa shape index (κ3) is 4.19. The van der Waals surface area contributed by atoms with E-state index in [2.05, 4.69) is 5.32 Å². The van der Waals surface area contributed by atoms with E-state index in [-0.39, 0.29) is 17.1 Å². The Morgan fingerprint density at radius 1 is 1.46 bits per heavy atom. The van der Waals surface area contributed by atoms with Gasteiger partial charge in [0.1, 0.15) is 11.4 Å². The molecular formula is C15H18N2O7. The number of carbonyl (C=O) groups is 2. The van der Waals surface area contributed by atoms with Crippen molar-refractivity contribution < 1.29 is 28.7 Å². The molecule has 1 N–H and O–H groups in total. The molecule has 130 valence electrons. The second kappa shape index (κ2) is 7.73. The Morgan fingerprint density at radius 3 is 2.79 bits per heavy atom. The summed E-state index contributed by atoms with van der Waals surface area (Å²) in [4.78, 5) is 34.4. The van der Waals surface area contributed by atoms with Gasteiger partial charge in [-0.3, -0.25) is 14.9 Å². The Kier molecular flexibility index (Phi) is 5.69. The lowest BCUT2D eigenvalue weighted by Gasteiger charge is -2.16. The molecule has 1 aromatic carbocycles. The molecule has 2 rings (SSSR count). The van der Waals surface area contributed by atoms with E-state index in [0.717, 1.165) is 6.42 Å². The van der Waals surface area contributed by atoms with Crippen molar-refractivity contribution in [3.63, 3.8) is 0 Å². The lowest BCUT2D eigenvalue weighted by Crippen LogP contribution is -2.34. The van der Waals surface area contributed by atoms with Crippen LogP contribution in [0.1, 0.15) is 19.8 Å². The van der Waals surface area contributed by atoms with Gasteiger partial charge in [0, 0.05) is 6.61 Å². The zero-order chi connectivity index (χ0) is 17.7. The quantitative estimate of drug-likeness (QED) is 0.476. The molecule has 0 saturated carbocycles. The molecule has 0 spiro atoms. The van der Waals surface area contributed by atoms with Crippen LogP contribution < -0.4 is 10.1 Å². The van der Waals surface area contributed by atoms with Crippen LogP contribution in [0.15, 0.2) is 18.2 Å². The fourth-order valence-electron chi connectivity index (χ4n) is 2.20. The zero-order valence-corrected chi connectivity index (χ0v) is 13.3. The Morgan fingerprint density at radius 2 is 2.21 bits per heavy atom. The number of anilines is 1. The molecule has 1 saturated heterocycles. The number of esters is 1. The number of amides is 1. The minimum absolute atomic E-state index is 0.00850. The predicted molar refractivity (Wildman–Crippen MR) is 82.8 cm³/mol. The highest BCUT2D eigenvalue weighted by molar-refractivity contribution is 5.97. The van der Waals surface area contributed by atoms with Crippen LogP contribution in [0.3, 0.4) is 0 Å². The molecule has 0 radical (unpaired) electrons. The molecule has 2 atom stereocenters. The van der Waals surface area contributed by atoms with Crippen LogP contribution in [0, 0.1) is 10.1 Å². The summed E-state index contributed by atoms with van der Waals surface area (Å²) in [5.74, 6) is -0.994. The fraction of sp³-hybridized carbons (Fsp3) is 0.467. The number of benzene rings is 1. The van der Waals surface area contributed by atoms with Crippen LogP contribution in [0.25, 0.3) is 0 Å². The van der Waals surface area contributed by atoms with Crippen LogP contribution in [0.2, 0.25) is 0 Å². The Hall–Kier alpha value is -2.68. The van der Waals surface area contributed by atoms with E-state index in [9.17, 15) is 19.7 Å². The molecule has 1 fully saturated rings. The van der Waals surface area contributed by atoms with E-state index in [1.54, 1.807) is 0 Å². The Balaban J connectivity index is 2.03. The van der Waals surface area contributed by atoms with Gasteiger partial charge >= 0.3 is 5.97 Å². The number of nitro benzene ring substituents is 1. The van der Waals surface area contributed by atoms with Crippen molar-refractivity contribution in [3.8, 4) is 5.75 Å². The molecule has 1 aliphatic heterocycles. The van der Waals surface area contributed by atoms with E-state index in [0.29, 0.717) is 13.0 Å². The normalized spacial score (nSPS) is 17.8. The highest BCUT2D eigenvalue weighted by Gasteiger charge is 2.29. The van der Waals surface area contributed by atoms with Gasteiger partial charge in [-0.2, -0.15) is 0 Å². The maximum absolute atomic E-state index is 12.1. The number of methoxy groups -OCH3 is 1. The molecule has 0 aliphatic carbocycles. The van der Waals surface area contributed by atoms with Crippen molar-refractivity contribution in [1.82, 2.24) is 0 Å². The number of nitrogens with zero attached hydrogens (tertiary/aromatic N) is 1. The minimum atomic E-state index is -1.11. The number of hydrogen-bond acceptors (Lipinski definition) is 7. The number of ether oxygens (including phenoxy) is 3. The summed E-state index contributed by atoms with van der Waals surface area (Å²) in [5.41, 5.74) is -0.328. The Bertz CT molecular complexity index is 641. The van der Waals surface area contributed by atoms with Crippen molar-refractivity contribution in [1.29, 1.82) is 0 Å². The van der Waals surface area contributed by atoms with Crippen LogP contribution in [-0.4, -0.2) is 42.7 Å². The van der Waals surface area contributed by atoms with Crippen molar-refractivity contribution in [2.24, 2.45) is 0 Å². The molecular weight excluding hydrogens is 320 g/mol. The topological polar surface area (TPSA) is 117 Å². The van der Waals surface area contributed by atoms with Gasteiger partial charge < -0.3 is 19.5 Å². The van der Waals surface area contributed by atoms with Crippen LogP contribution in [0.4, 0.5) is 11.4 Å². The summed E-state index contributed by atoms with van der Waals surface area (Å²) in [5, 5.41) is 13.5. The third-order valence-electron chi connectivity index (χ3n) is 3.51. The van der Waals surface area contributed by atoms with E-state index >= 15 is 0 Å². The maximum atomic E-state index is 12.1. The lowest BCUT2D eigenvalue weighted by molar-refractivity contribution is -0.384. The first-order chi connectivity index (χ1) is 11.4. The van der Waals surface area contributed by atoms with E-state index < -0.39 is 29.0 Å². The molecule has 1 amide bonds. The average molecular weight is 338 g/mol. The first-order valence-corrected chi connectivity index (χ1v) is 7.37. The van der Waals surface area contributed by atoms with Crippen molar-refractivity contribution in [3.05, 3.63) is 28.3 Å². The fourth-order valence-corrected chi connectivity index (χ4v) is 2.20. The smallest absolute Gasteiger partial charge is 0.336 e. The first-order valence-electron chi connectivity index (χ1n) is 7.37. The second-order valence-electron chi connectivity index (χ2n) is 5.21. The number of rotatable bonds is 6. The zero-order valence-electron chi connectivity index (χ0n) is 13.3. The molecule has 1 heterocycles. The minimum Gasteiger partial charge on any atom is -0.496 e. The summed E-state index contributed by atoms with van der Waals surface area (Å²) >= 11 is 0. The Labute approximate surface area is 138 Å². The summed E-state index contributed by atoms with van der Waals surface area (Å²) in [6.07, 6.45) is -0.450. The van der Waals surface area contributed by atoms with Crippen molar-refractivity contribution in [2.75, 3.05) is 19.0 Å². The van der Waals surface area contributed by atoms with Gasteiger partial charge in [0.2, 0.25) is 0 Å². The third-order valence-corrected chi connectivity index (χ3v) is 3.51. The molecule has 9 nitrogen and oxygen atoms in total. The number of nitrogens with one attached hydrogen (secondary N) is 1. The van der Waals surface area contributed by atoms with Crippen LogP contribution >= 0.6 is 0 Å². The highest BCUT2D eigenvalue weighted by Crippen LogP contribution is 2.29. The number of hydrogen-bond donors (Lipinski definition) is 1. The van der Waals surface area contributed by atoms with Crippen molar-refractivity contribution >= 4 is 23.3 Å². The average Bonchev–Trinajstić information content (AvgIpc) is 3.09. The van der Waals surface area contributed by atoms with Crippen LogP contribution in [-0.2, 0) is 19.1 Å². The van der Waals surface area contributed by atoms with Gasteiger partial charge in [-0.1, -0.05) is 0 Å².